The summed E-state index contributed by atoms with van der Waals surface area (Å²) in [6.45, 7) is 18.4. The third kappa shape index (κ3) is 5.96. The highest BCUT2D eigenvalue weighted by Gasteiger charge is 2.35. The Bertz CT molecular complexity index is 1510. The highest BCUT2D eigenvalue weighted by atomic mass is 19.1. The summed E-state index contributed by atoms with van der Waals surface area (Å²) in [5.74, 6) is 1.31. The van der Waals surface area contributed by atoms with Crippen LogP contribution < -0.4 is 5.32 Å². The Kier molecular flexibility index (Phi) is 8.10. The molecule has 1 aromatic carbocycles. The number of fused-ring (bicyclic) bond motifs is 1. The van der Waals surface area contributed by atoms with Gasteiger partial charge in [0.15, 0.2) is 11.6 Å². The minimum Gasteiger partial charge on any atom is -0.326 e. The van der Waals surface area contributed by atoms with Gasteiger partial charge in [0, 0.05) is 17.8 Å². The molecule has 0 unspecified atom stereocenters. The van der Waals surface area contributed by atoms with Crippen molar-refractivity contribution in [1.29, 1.82) is 0 Å². The van der Waals surface area contributed by atoms with Crippen LogP contribution in [0, 0.1) is 29.9 Å². The lowest BCUT2D eigenvalue weighted by Crippen LogP contribution is -2.38. The van der Waals surface area contributed by atoms with Crippen LogP contribution >= 0.6 is 0 Å². The van der Waals surface area contributed by atoms with Gasteiger partial charge in [0.05, 0.1) is 11.7 Å². The third-order valence-electron chi connectivity index (χ3n) is 8.33. The molecule has 0 amide bonds. The van der Waals surface area contributed by atoms with Crippen molar-refractivity contribution in [2.45, 2.75) is 73.3 Å². The molecule has 1 atom stereocenters. The number of pyridine rings is 1. The number of nitrogens with one attached hydrogen (secondary N) is 1. The number of aromatic nitrogens is 5. The average molecular weight is 562 g/mol. The van der Waals surface area contributed by atoms with E-state index in [2.05, 4.69) is 63.9 Å². The fraction of sp³-hybridized carbons (Fsp3) is 0.500. The number of hydrogen-bond donors (Lipinski definition) is 1. The van der Waals surface area contributed by atoms with Crippen molar-refractivity contribution in [2.24, 2.45) is 11.3 Å². The second-order valence-corrected chi connectivity index (χ2v) is 12.6. The van der Waals surface area contributed by atoms with E-state index in [0.29, 0.717) is 34.6 Å². The van der Waals surface area contributed by atoms with E-state index in [1.165, 1.54) is 24.5 Å². The minimum absolute atomic E-state index is 0.0142. The maximum atomic E-state index is 15.1. The molecule has 41 heavy (non-hydrogen) atoms. The van der Waals surface area contributed by atoms with Crippen LogP contribution in [0.5, 0.6) is 0 Å². The summed E-state index contributed by atoms with van der Waals surface area (Å²) in [4.78, 5) is 20.1. The maximum Gasteiger partial charge on any atom is 0.229 e. The van der Waals surface area contributed by atoms with Gasteiger partial charge in [0.1, 0.15) is 22.9 Å². The second-order valence-electron chi connectivity index (χ2n) is 12.6. The van der Waals surface area contributed by atoms with Gasteiger partial charge in [-0.2, -0.15) is 0 Å². The average Bonchev–Trinajstić information content (AvgIpc) is 3.27. The smallest absolute Gasteiger partial charge is 0.229 e. The zero-order valence-corrected chi connectivity index (χ0v) is 25.2. The van der Waals surface area contributed by atoms with Crippen molar-refractivity contribution >= 4 is 22.8 Å². The Morgan fingerprint density at radius 1 is 1.00 bits per heavy atom. The first-order chi connectivity index (χ1) is 19.5. The Morgan fingerprint density at radius 2 is 1.73 bits per heavy atom. The van der Waals surface area contributed by atoms with E-state index in [-0.39, 0.29) is 28.6 Å². The fourth-order valence-corrected chi connectivity index (χ4v) is 6.55. The predicted molar refractivity (Wildman–Crippen MR) is 160 cm³/mol. The van der Waals surface area contributed by atoms with Crippen molar-refractivity contribution in [3.63, 3.8) is 0 Å². The SMILES string of the molecule is CCN1CCC([C@H](c2ccc(Nc3ncc(F)c(-c4cc(F)c5nc(C)n(C(C)C)c5c4)n3)nc2)C(C)(C)C)CC1. The van der Waals surface area contributed by atoms with E-state index >= 15 is 4.39 Å². The van der Waals surface area contributed by atoms with E-state index in [1.807, 2.05) is 37.6 Å². The molecule has 1 N–H and O–H groups in total. The zero-order chi connectivity index (χ0) is 29.5. The summed E-state index contributed by atoms with van der Waals surface area (Å²) in [6.07, 6.45) is 5.41. The van der Waals surface area contributed by atoms with Crippen molar-refractivity contribution in [1.82, 2.24) is 29.4 Å². The van der Waals surface area contributed by atoms with Crippen LogP contribution in [0.3, 0.4) is 0 Å². The van der Waals surface area contributed by atoms with Crippen LogP contribution in [0.1, 0.15) is 77.7 Å². The summed E-state index contributed by atoms with van der Waals surface area (Å²) in [5.41, 5.74) is 2.53. The highest BCUT2D eigenvalue weighted by molar-refractivity contribution is 5.83. The van der Waals surface area contributed by atoms with Gasteiger partial charge < -0.3 is 14.8 Å². The van der Waals surface area contributed by atoms with Crippen LogP contribution in [-0.4, -0.2) is 49.0 Å². The molecule has 218 valence electrons. The molecule has 1 fully saturated rings. The Hall–Kier alpha value is -3.46. The molecule has 3 aromatic heterocycles. The van der Waals surface area contributed by atoms with Crippen LogP contribution in [0.2, 0.25) is 0 Å². The van der Waals surface area contributed by atoms with E-state index in [1.54, 1.807) is 6.07 Å². The van der Waals surface area contributed by atoms with Gasteiger partial charge >= 0.3 is 0 Å². The lowest BCUT2D eigenvalue weighted by Gasteiger charge is -2.42. The maximum absolute atomic E-state index is 15.1. The van der Waals surface area contributed by atoms with Gasteiger partial charge in [-0.3, -0.25) is 0 Å². The topological polar surface area (TPSA) is 71.8 Å². The first-order valence-corrected chi connectivity index (χ1v) is 14.6. The monoisotopic (exact) mass is 561 g/mol. The molecule has 9 heteroatoms. The first kappa shape index (κ1) is 29.0. The molecule has 0 radical (unpaired) electrons. The second kappa shape index (κ2) is 11.4. The number of hydrogen-bond acceptors (Lipinski definition) is 6. The quantitative estimate of drug-likeness (QED) is 0.250. The van der Waals surface area contributed by atoms with Crippen LogP contribution in [0.4, 0.5) is 20.5 Å². The van der Waals surface area contributed by atoms with Crippen molar-refractivity contribution in [2.75, 3.05) is 25.0 Å². The Morgan fingerprint density at radius 3 is 2.34 bits per heavy atom. The number of imidazole rings is 1. The largest absolute Gasteiger partial charge is 0.326 e. The van der Waals surface area contributed by atoms with Gasteiger partial charge in [0.25, 0.3) is 0 Å². The molecule has 1 saturated heterocycles. The van der Waals surface area contributed by atoms with E-state index in [0.717, 1.165) is 25.8 Å². The zero-order valence-electron chi connectivity index (χ0n) is 25.2. The van der Waals surface area contributed by atoms with E-state index in [9.17, 15) is 4.39 Å². The highest BCUT2D eigenvalue weighted by Crippen LogP contribution is 2.44. The molecular weight excluding hydrogens is 520 g/mol. The van der Waals surface area contributed by atoms with Gasteiger partial charge in [-0.25, -0.2) is 28.7 Å². The van der Waals surface area contributed by atoms with Gasteiger partial charge in [-0.05, 0) is 94.3 Å². The molecule has 0 aliphatic carbocycles. The molecule has 1 aliphatic heterocycles. The Labute approximate surface area is 241 Å². The molecule has 0 bridgehead atoms. The summed E-state index contributed by atoms with van der Waals surface area (Å²) < 4.78 is 31.9. The third-order valence-corrected chi connectivity index (χ3v) is 8.33. The predicted octanol–water partition coefficient (Wildman–Crippen LogP) is 7.66. The first-order valence-electron chi connectivity index (χ1n) is 14.6. The summed E-state index contributed by atoms with van der Waals surface area (Å²) in [6, 6.07) is 7.13. The van der Waals surface area contributed by atoms with Crippen molar-refractivity contribution < 1.29 is 8.78 Å². The molecule has 7 nitrogen and oxygen atoms in total. The lowest BCUT2D eigenvalue weighted by molar-refractivity contribution is 0.132. The summed E-state index contributed by atoms with van der Waals surface area (Å²) in [7, 11) is 0. The number of nitrogens with zero attached hydrogens (tertiary/aromatic N) is 6. The molecule has 4 aromatic rings. The molecule has 0 saturated carbocycles. The van der Waals surface area contributed by atoms with Gasteiger partial charge in [-0.1, -0.05) is 33.8 Å². The minimum atomic E-state index is -0.632. The van der Waals surface area contributed by atoms with Crippen molar-refractivity contribution in [3.8, 4) is 11.3 Å². The number of rotatable bonds is 7. The summed E-state index contributed by atoms with van der Waals surface area (Å²) in [5, 5.41) is 3.11. The molecule has 0 spiro atoms. The lowest BCUT2D eigenvalue weighted by atomic mass is 9.67. The van der Waals surface area contributed by atoms with Gasteiger partial charge in [-0.15, -0.1) is 0 Å². The van der Waals surface area contributed by atoms with Crippen LogP contribution in [-0.2, 0) is 0 Å². The number of piperidine rings is 1. The van der Waals surface area contributed by atoms with E-state index < -0.39 is 11.6 Å². The number of likely N-dealkylation sites (tertiary alicyclic amines) is 1. The Balaban J connectivity index is 1.40. The summed E-state index contributed by atoms with van der Waals surface area (Å²) >= 11 is 0. The number of halogens is 2. The number of anilines is 2. The standard InChI is InChI=1S/C32H41F2N7/c1-8-40-13-11-21(12-14-40)28(32(5,6)7)22-9-10-27(35-17-22)38-31-36-18-25(34)29(39-31)23-15-24(33)30-26(16-23)41(19(2)3)20(4)37-30/h9-10,15-19,21,28H,8,11-14H2,1-7H3,(H,35,36,38,39)/t28-/m1/s1. The number of aryl methyl sites for hydroxylation is 1. The van der Waals surface area contributed by atoms with Crippen molar-refractivity contribution in [3.05, 3.63) is 59.7 Å². The van der Waals surface area contributed by atoms with Crippen LogP contribution in [0.15, 0.2) is 36.7 Å². The number of benzene rings is 1. The normalized spacial score (nSPS) is 16.0. The molecule has 4 heterocycles. The van der Waals surface area contributed by atoms with Crippen LogP contribution in [0.25, 0.3) is 22.3 Å². The molecular formula is C32H41F2N7. The fourth-order valence-electron chi connectivity index (χ4n) is 6.55. The van der Waals surface area contributed by atoms with E-state index in [4.69, 9.17) is 0 Å². The van der Waals surface area contributed by atoms with Gasteiger partial charge in [0.2, 0.25) is 5.95 Å². The molecule has 5 rings (SSSR count). The molecule has 1 aliphatic rings.